The highest BCUT2D eigenvalue weighted by molar-refractivity contribution is 5.95. The second kappa shape index (κ2) is 4.41. The van der Waals surface area contributed by atoms with Gasteiger partial charge in [-0.05, 0) is 6.07 Å². The lowest BCUT2D eigenvalue weighted by molar-refractivity contribution is 0.0596. The molecule has 0 atom stereocenters. The van der Waals surface area contributed by atoms with Gasteiger partial charge in [-0.1, -0.05) is 0 Å². The van der Waals surface area contributed by atoms with Crippen molar-refractivity contribution in [3.8, 4) is 5.88 Å². The molecule has 0 aliphatic carbocycles. The molecule has 1 aromatic rings. The number of pyridine rings is 1. The fraction of sp³-hybridized carbons (Fsp3) is 0.222. The topological polar surface area (TPSA) is 85.7 Å². The molecule has 0 saturated heterocycles. The molecule has 80 valence electrons. The largest absolute Gasteiger partial charge is 0.480 e. The van der Waals surface area contributed by atoms with Gasteiger partial charge in [0.25, 0.3) is 0 Å². The molecule has 15 heavy (non-hydrogen) atoms. The molecule has 0 amide bonds. The standard InChI is InChI=1S/C9H9NO5/c1-14-7-6(9(13)15-2)3-5(4-10-7)8(11)12/h3-4H,1-2H3,(H,11,12). The van der Waals surface area contributed by atoms with Crippen molar-refractivity contribution >= 4 is 11.9 Å². The minimum atomic E-state index is -1.17. The van der Waals surface area contributed by atoms with Crippen molar-refractivity contribution in [2.24, 2.45) is 0 Å². The van der Waals surface area contributed by atoms with E-state index in [-0.39, 0.29) is 17.0 Å². The monoisotopic (exact) mass is 211 g/mol. The lowest BCUT2D eigenvalue weighted by Gasteiger charge is -2.05. The van der Waals surface area contributed by atoms with Crippen molar-refractivity contribution in [2.45, 2.75) is 0 Å². The molecule has 6 heteroatoms. The molecule has 0 spiro atoms. The second-order valence-electron chi connectivity index (χ2n) is 2.58. The summed E-state index contributed by atoms with van der Waals surface area (Å²) in [5, 5.41) is 8.69. The molecular weight excluding hydrogens is 202 g/mol. The predicted octanol–water partition coefficient (Wildman–Crippen LogP) is 0.575. The molecule has 0 aliphatic rings. The van der Waals surface area contributed by atoms with Crippen molar-refractivity contribution < 1.29 is 24.2 Å². The lowest BCUT2D eigenvalue weighted by Crippen LogP contribution is -2.08. The third-order valence-corrected chi connectivity index (χ3v) is 1.70. The summed E-state index contributed by atoms with van der Waals surface area (Å²) in [6.45, 7) is 0. The first-order valence-corrected chi connectivity index (χ1v) is 3.95. The Morgan fingerprint density at radius 1 is 1.40 bits per heavy atom. The van der Waals surface area contributed by atoms with Crippen LogP contribution in [0.15, 0.2) is 12.3 Å². The Balaban J connectivity index is 3.25. The van der Waals surface area contributed by atoms with Gasteiger partial charge in [0.1, 0.15) is 5.56 Å². The number of aromatic carboxylic acids is 1. The van der Waals surface area contributed by atoms with Crippen LogP contribution in [0.1, 0.15) is 20.7 Å². The first kappa shape index (κ1) is 11.0. The number of rotatable bonds is 3. The van der Waals surface area contributed by atoms with Gasteiger partial charge in [-0.2, -0.15) is 0 Å². The van der Waals surface area contributed by atoms with Crippen LogP contribution in [0.5, 0.6) is 5.88 Å². The zero-order valence-electron chi connectivity index (χ0n) is 8.18. The summed E-state index contributed by atoms with van der Waals surface area (Å²) in [4.78, 5) is 25.5. The summed E-state index contributed by atoms with van der Waals surface area (Å²) in [6, 6.07) is 1.15. The van der Waals surface area contributed by atoms with Crippen molar-refractivity contribution in [3.05, 3.63) is 23.4 Å². The quantitative estimate of drug-likeness (QED) is 0.736. The number of aromatic nitrogens is 1. The van der Waals surface area contributed by atoms with Crippen LogP contribution in [-0.4, -0.2) is 36.2 Å². The Kier molecular flexibility index (Phi) is 3.22. The first-order chi connectivity index (χ1) is 7.10. The minimum Gasteiger partial charge on any atom is -0.480 e. The van der Waals surface area contributed by atoms with E-state index in [4.69, 9.17) is 9.84 Å². The smallest absolute Gasteiger partial charge is 0.343 e. The molecule has 0 fully saturated rings. The SMILES string of the molecule is COC(=O)c1cc(C(=O)O)cnc1OC. The molecule has 1 heterocycles. The van der Waals surface area contributed by atoms with Gasteiger partial charge in [-0.15, -0.1) is 0 Å². The summed E-state index contributed by atoms with van der Waals surface area (Å²) in [5.41, 5.74) is -0.115. The van der Waals surface area contributed by atoms with E-state index in [1.807, 2.05) is 0 Å². The fourth-order valence-electron chi connectivity index (χ4n) is 0.988. The van der Waals surface area contributed by atoms with Gasteiger partial charge in [-0.3, -0.25) is 0 Å². The zero-order valence-corrected chi connectivity index (χ0v) is 8.18. The Bertz CT molecular complexity index is 401. The highest BCUT2D eigenvalue weighted by Gasteiger charge is 2.17. The van der Waals surface area contributed by atoms with Gasteiger partial charge < -0.3 is 14.6 Å². The predicted molar refractivity (Wildman–Crippen MR) is 49.1 cm³/mol. The Morgan fingerprint density at radius 3 is 2.53 bits per heavy atom. The van der Waals surface area contributed by atoms with E-state index in [0.717, 1.165) is 12.3 Å². The van der Waals surface area contributed by atoms with Gasteiger partial charge in [-0.25, -0.2) is 14.6 Å². The number of hydrogen-bond donors (Lipinski definition) is 1. The van der Waals surface area contributed by atoms with Crippen LogP contribution in [0.3, 0.4) is 0 Å². The second-order valence-corrected chi connectivity index (χ2v) is 2.58. The summed E-state index contributed by atoms with van der Waals surface area (Å²) < 4.78 is 9.26. The van der Waals surface area contributed by atoms with Crippen molar-refractivity contribution in [3.63, 3.8) is 0 Å². The molecule has 0 bridgehead atoms. The number of carboxylic acid groups (broad SMARTS) is 1. The normalized spacial score (nSPS) is 9.47. The van der Waals surface area contributed by atoms with E-state index in [0.29, 0.717) is 0 Å². The molecule has 1 rings (SSSR count). The maximum Gasteiger partial charge on any atom is 0.343 e. The van der Waals surface area contributed by atoms with Crippen LogP contribution < -0.4 is 4.74 Å². The van der Waals surface area contributed by atoms with E-state index in [9.17, 15) is 9.59 Å². The molecule has 1 aromatic heterocycles. The number of nitrogens with zero attached hydrogens (tertiary/aromatic N) is 1. The molecule has 0 radical (unpaired) electrons. The third kappa shape index (κ3) is 2.22. The van der Waals surface area contributed by atoms with Crippen LogP contribution in [0.4, 0.5) is 0 Å². The van der Waals surface area contributed by atoms with Gasteiger partial charge in [0.15, 0.2) is 0 Å². The Labute approximate surface area is 85.5 Å². The highest BCUT2D eigenvalue weighted by Crippen LogP contribution is 2.17. The Hall–Kier alpha value is -2.11. The number of ether oxygens (including phenoxy) is 2. The number of methoxy groups -OCH3 is 2. The van der Waals surface area contributed by atoms with E-state index in [2.05, 4.69) is 9.72 Å². The molecule has 0 aliphatic heterocycles. The third-order valence-electron chi connectivity index (χ3n) is 1.70. The Morgan fingerprint density at radius 2 is 2.07 bits per heavy atom. The van der Waals surface area contributed by atoms with Crippen LogP contribution in [-0.2, 0) is 4.74 Å². The van der Waals surface area contributed by atoms with Gasteiger partial charge >= 0.3 is 11.9 Å². The molecule has 6 nitrogen and oxygen atoms in total. The van der Waals surface area contributed by atoms with E-state index in [1.54, 1.807) is 0 Å². The average molecular weight is 211 g/mol. The van der Waals surface area contributed by atoms with Crippen molar-refractivity contribution in [2.75, 3.05) is 14.2 Å². The minimum absolute atomic E-state index is 0.0140. The molecular formula is C9H9NO5. The maximum absolute atomic E-state index is 11.2. The molecule has 0 unspecified atom stereocenters. The van der Waals surface area contributed by atoms with E-state index < -0.39 is 11.9 Å². The molecule has 0 saturated carbocycles. The summed E-state index contributed by atoms with van der Waals surface area (Å²) in [7, 11) is 2.52. The van der Waals surface area contributed by atoms with E-state index >= 15 is 0 Å². The van der Waals surface area contributed by atoms with E-state index in [1.165, 1.54) is 14.2 Å². The first-order valence-electron chi connectivity index (χ1n) is 3.95. The number of hydrogen-bond acceptors (Lipinski definition) is 5. The van der Waals surface area contributed by atoms with Gasteiger partial charge in [0.05, 0.1) is 19.8 Å². The van der Waals surface area contributed by atoms with Crippen LogP contribution in [0.25, 0.3) is 0 Å². The van der Waals surface area contributed by atoms with Crippen LogP contribution >= 0.6 is 0 Å². The highest BCUT2D eigenvalue weighted by atomic mass is 16.5. The average Bonchev–Trinajstić information content (AvgIpc) is 2.27. The van der Waals surface area contributed by atoms with Crippen LogP contribution in [0, 0.1) is 0 Å². The summed E-state index contributed by atoms with van der Waals surface area (Å²) in [6.07, 6.45) is 1.10. The summed E-state index contributed by atoms with van der Waals surface area (Å²) >= 11 is 0. The van der Waals surface area contributed by atoms with Gasteiger partial charge in [0.2, 0.25) is 5.88 Å². The van der Waals surface area contributed by atoms with Crippen molar-refractivity contribution in [1.29, 1.82) is 0 Å². The molecule has 1 N–H and O–H groups in total. The van der Waals surface area contributed by atoms with Crippen LogP contribution in [0.2, 0.25) is 0 Å². The number of carboxylic acids is 1. The number of carbonyl (C=O) groups excluding carboxylic acids is 1. The van der Waals surface area contributed by atoms with Crippen molar-refractivity contribution in [1.82, 2.24) is 4.98 Å². The lowest BCUT2D eigenvalue weighted by atomic mass is 10.2. The fourth-order valence-corrected chi connectivity index (χ4v) is 0.988. The number of esters is 1. The molecule has 0 aromatic carbocycles. The number of carbonyl (C=O) groups is 2. The summed E-state index contributed by atoms with van der Waals surface area (Å²) in [5.74, 6) is -1.83. The maximum atomic E-state index is 11.2. The van der Waals surface area contributed by atoms with Gasteiger partial charge in [0, 0.05) is 6.20 Å². The zero-order chi connectivity index (χ0) is 11.4.